The standard InChI is InChI=1S/C12H14ClNO2S/c1-7(4-12(14)17)8-5-10-11(6-9(8)13)16-3-2-15-10/h5-7H,2-4H2,1H3,(H2,14,17). The van der Waals surface area contributed by atoms with Crippen LogP contribution in [0, 0.1) is 0 Å². The second kappa shape index (κ2) is 5.10. The first-order valence-electron chi connectivity index (χ1n) is 5.45. The Bertz CT molecular complexity index is 450. The molecule has 1 aromatic rings. The summed E-state index contributed by atoms with van der Waals surface area (Å²) in [4.78, 5) is 0.489. The average Bonchev–Trinajstić information content (AvgIpc) is 2.27. The van der Waals surface area contributed by atoms with E-state index in [2.05, 4.69) is 0 Å². The highest BCUT2D eigenvalue weighted by Gasteiger charge is 2.18. The lowest BCUT2D eigenvalue weighted by Crippen LogP contribution is -2.16. The summed E-state index contributed by atoms with van der Waals surface area (Å²) in [6.07, 6.45) is 0.634. The van der Waals surface area contributed by atoms with Gasteiger partial charge in [0.05, 0.1) is 4.99 Å². The molecule has 0 bridgehead atoms. The number of rotatable bonds is 3. The number of thiocarbonyl (C=S) groups is 1. The van der Waals surface area contributed by atoms with E-state index in [1.165, 1.54) is 0 Å². The Morgan fingerprint density at radius 2 is 2.00 bits per heavy atom. The minimum Gasteiger partial charge on any atom is -0.486 e. The molecule has 1 heterocycles. The summed E-state index contributed by atoms with van der Waals surface area (Å²) >= 11 is 11.1. The maximum atomic E-state index is 6.22. The molecule has 0 spiro atoms. The van der Waals surface area contributed by atoms with Crippen LogP contribution in [0.25, 0.3) is 0 Å². The molecule has 92 valence electrons. The third-order valence-corrected chi connectivity index (χ3v) is 3.19. The largest absolute Gasteiger partial charge is 0.486 e. The van der Waals surface area contributed by atoms with E-state index in [0.29, 0.717) is 35.4 Å². The van der Waals surface area contributed by atoms with Gasteiger partial charge < -0.3 is 15.2 Å². The minimum absolute atomic E-state index is 0.177. The van der Waals surface area contributed by atoms with E-state index >= 15 is 0 Å². The van der Waals surface area contributed by atoms with E-state index in [4.69, 9.17) is 39.0 Å². The molecule has 5 heteroatoms. The number of halogens is 1. The van der Waals surface area contributed by atoms with Gasteiger partial charge >= 0.3 is 0 Å². The summed E-state index contributed by atoms with van der Waals surface area (Å²) in [5, 5.41) is 0.665. The van der Waals surface area contributed by atoms with Gasteiger partial charge in [-0.1, -0.05) is 30.7 Å². The van der Waals surface area contributed by atoms with E-state index < -0.39 is 0 Å². The van der Waals surface area contributed by atoms with E-state index in [1.807, 2.05) is 13.0 Å². The molecule has 0 aromatic heterocycles. The van der Waals surface area contributed by atoms with Crippen LogP contribution in [-0.4, -0.2) is 18.2 Å². The first-order chi connectivity index (χ1) is 8.08. The van der Waals surface area contributed by atoms with Gasteiger partial charge in [-0.25, -0.2) is 0 Å². The van der Waals surface area contributed by atoms with Crippen LogP contribution in [0.5, 0.6) is 11.5 Å². The number of ether oxygens (including phenoxy) is 2. The summed E-state index contributed by atoms with van der Waals surface area (Å²) in [6.45, 7) is 3.17. The van der Waals surface area contributed by atoms with Crippen LogP contribution < -0.4 is 15.2 Å². The Hall–Kier alpha value is -1.00. The van der Waals surface area contributed by atoms with Gasteiger partial charge in [-0.3, -0.25) is 0 Å². The maximum Gasteiger partial charge on any atom is 0.162 e. The molecule has 1 unspecified atom stereocenters. The number of nitrogens with two attached hydrogens (primary N) is 1. The molecule has 0 saturated carbocycles. The zero-order chi connectivity index (χ0) is 12.4. The fourth-order valence-electron chi connectivity index (χ4n) is 1.87. The minimum atomic E-state index is 0.177. The van der Waals surface area contributed by atoms with Crippen molar-refractivity contribution in [1.29, 1.82) is 0 Å². The fourth-order valence-corrected chi connectivity index (χ4v) is 2.46. The summed E-state index contributed by atoms with van der Waals surface area (Å²) in [6, 6.07) is 3.71. The number of hydrogen-bond donors (Lipinski definition) is 1. The number of hydrogen-bond acceptors (Lipinski definition) is 3. The van der Waals surface area contributed by atoms with Gasteiger partial charge in [-0.2, -0.15) is 0 Å². The molecular weight excluding hydrogens is 258 g/mol. The highest BCUT2D eigenvalue weighted by molar-refractivity contribution is 7.80. The smallest absolute Gasteiger partial charge is 0.162 e. The lowest BCUT2D eigenvalue weighted by atomic mass is 9.97. The predicted octanol–water partition coefficient (Wildman–Crippen LogP) is 2.89. The van der Waals surface area contributed by atoms with Crippen molar-refractivity contribution in [2.45, 2.75) is 19.3 Å². The van der Waals surface area contributed by atoms with Gasteiger partial charge in [-0.15, -0.1) is 0 Å². The molecular formula is C12H14ClNO2S. The van der Waals surface area contributed by atoms with Crippen molar-refractivity contribution < 1.29 is 9.47 Å². The van der Waals surface area contributed by atoms with Crippen LogP contribution in [0.3, 0.4) is 0 Å². The molecule has 1 aliphatic heterocycles. The van der Waals surface area contributed by atoms with Crippen LogP contribution in [0.2, 0.25) is 5.02 Å². The van der Waals surface area contributed by atoms with Crippen molar-refractivity contribution in [3.8, 4) is 11.5 Å². The Labute approximate surface area is 111 Å². The normalized spacial score (nSPS) is 15.4. The Balaban J connectivity index is 2.31. The van der Waals surface area contributed by atoms with Gasteiger partial charge in [0.1, 0.15) is 13.2 Å². The monoisotopic (exact) mass is 271 g/mol. The van der Waals surface area contributed by atoms with Crippen molar-refractivity contribution in [3.05, 3.63) is 22.7 Å². The van der Waals surface area contributed by atoms with Crippen LogP contribution >= 0.6 is 23.8 Å². The molecule has 0 radical (unpaired) electrons. The highest BCUT2D eigenvalue weighted by atomic mass is 35.5. The lowest BCUT2D eigenvalue weighted by molar-refractivity contribution is 0.171. The lowest BCUT2D eigenvalue weighted by Gasteiger charge is -2.21. The molecule has 0 aliphatic carbocycles. The fraction of sp³-hybridized carbons (Fsp3) is 0.417. The van der Waals surface area contributed by atoms with Gasteiger partial charge in [0.15, 0.2) is 11.5 Å². The number of fused-ring (bicyclic) bond motifs is 1. The maximum absolute atomic E-state index is 6.22. The highest BCUT2D eigenvalue weighted by Crippen LogP contribution is 2.38. The van der Waals surface area contributed by atoms with E-state index in [0.717, 1.165) is 11.3 Å². The summed E-state index contributed by atoms with van der Waals surface area (Å²) in [7, 11) is 0. The molecule has 2 N–H and O–H groups in total. The van der Waals surface area contributed by atoms with Gasteiger partial charge in [0.2, 0.25) is 0 Å². The second-order valence-corrected chi connectivity index (χ2v) is 5.02. The molecule has 3 nitrogen and oxygen atoms in total. The molecule has 1 aromatic carbocycles. The van der Waals surface area contributed by atoms with E-state index in [1.54, 1.807) is 6.07 Å². The summed E-state index contributed by atoms with van der Waals surface area (Å²) in [5.74, 6) is 1.62. The van der Waals surface area contributed by atoms with Crippen LogP contribution in [-0.2, 0) is 0 Å². The van der Waals surface area contributed by atoms with Crippen molar-refractivity contribution in [3.63, 3.8) is 0 Å². The van der Waals surface area contributed by atoms with Crippen molar-refractivity contribution in [2.24, 2.45) is 5.73 Å². The molecule has 0 amide bonds. The zero-order valence-corrected chi connectivity index (χ0v) is 11.1. The zero-order valence-electron chi connectivity index (χ0n) is 9.53. The molecule has 2 rings (SSSR count). The van der Waals surface area contributed by atoms with Crippen LogP contribution in [0.15, 0.2) is 12.1 Å². The van der Waals surface area contributed by atoms with Crippen molar-refractivity contribution in [1.82, 2.24) is 0 Å². The third-order valence-electron chi connectivity index (χ3n) is 2.70. The molecule has 1 atom stereocenters. The van der Waals surface area contributed by atoms with Gasteiger partial charge in [0.25, 0.3) is 0 Å². The molecule has 1 aliphatic rings. The molecule has 17 heavy (non-hydrogen) atoms. The van der Waals surface area contributed by atoms with E-state index in [9.17, 15) is 0 Å². The average molecular weight is 272 g/mol. The predicted molar refractivity (Wildman–Crippen MR) is 72.3 cm³/mol. The third kappa shape index (κ3) is 2.82. The number of benzene rings is 1. The quantitative estimate of drug-likeness (QED) is 0.859. The van der Waals surface area contributed by atoms with Gasteiger partial charge in [0, 0.05) is 17.5 Å². The summed E-state index contributed by atoms with van der Waals surface area (Å²) < 4.78 is 11.0. The summed E-state index contributed by atoms with van der Waals surface area (Å²) in [5.41, 5.74) is 6.54. The van der Waals surface area contributed by atoms with Crippen molar-refractivity contribution in [2.75, 3.05) is 13.2 Å². The van der Waals surface area contributed by atoms with Gasteiger partial charge in [-0.05, 0) is 17.5 Å². The van der Waals surface area contributed by atoms with E-state index in [-0.39, 0.29) is 5.92 Å². The Morgan fingerprint density at radius 1 is 1.41 bits per heavy atom. The first kappa shape index (κ1) is 12.5. The SMILES string of the molecule is CC(CC(N)=S)c1cc2c(cc1Cl)OCCO2. The van der Waals surface area contributed by atoms with Crippen LogP contribution in [0.4, 0.5) is 0 Å². The Morgan fingerprint density at radius 3 is 2.59 bits per heavy atom. The Kier molecular flexibility index (Phi) is 3.74. The van der Waals surface area contributed by atoms with Crippen molar-refractivity contribution >= 4 is 28.8 Å². The topological polar surface area (TPSA) is 44.5 Å². The second-order valence-electron chi connectivity index (χ2n) is 4.09. The first-order valence-corrected chi connectivity index (χ1v) is 6.24. The molecule has 0 saturated heterocycles. The van der Waals surface area contributed by atoms with Crippen LogP contribution in [0.1, 0.15) is 24.8 Å². The molecule has 0 fully saturated rings.